The fourth-order valence-corrected chi connectivity index (χ4v) is 4.70. The molecule has 0 bridgehead atoms. The first kappa shape index (κ1) is 21.9. The van der Waals surface area contributed by atoms with Crippen molar-refractivity contribution in [2.24, 2.45) is 0 Å². The van der Waals surface area contributed by atoms with Crippen LogP contribution in [-0.2, 0) is 16.0 Å². The number of rotatable bonds is 5. The number of carbonyl (C=O) groups is 1. The second kappa shape index (κ2) is 9.86. The molecule has 1 unspecified atom stereocenters. The van der Waals surface area contributed by atoms with E-state index in [4.69, 9.17) is 9.72 Å². The number of aromatic nitrogens is 1. The van der Waals surface area contributed by atoms with Crippen LogP contribution in [0, 0.1) is 18.6 Å². The maximum atomic E-state index is 14.1. The summed E-state index contributed by atoms with van der Waals surface area (Å²) in [6.45, 7) is 4.10. The first-order valence-corrected chi connectivity index (χ1v) is 11.3. The van der Waals surface area contributed by atoms with Gasteiger partial charge in [0, 0.05) is 49.0 Å². The van der Waals surface area contributed by atoms with E-state index < -0.39 is 11.6 Å². The van der Waals surface area contributed by atoms with Gasteiger partial charge in [-0.2, -0.15) is 0 Å². The molecule has 4 rings (SSSR count). The molecule has 3 heterocycles. The van der Waals surface area contributed by atoms with E-state index in [-0.39, 0.29) is 29.9 Å². The Hall–Kier alpha value is -2.34. The van der Waals surface area contributed by atoms with Crippen molar-refractivity contribution in [3.8, 4) is 0 Å². The van der Waals surface area contributed by atoms with E-state index in [2.05, 4.69) is 0 Å². The smallest absolute Gasteiger partial charge is 0.225 e. The number of halogens is 2. The molecule has 1 amide bonds. The zero-order chi connectivity index (χ0) is 21.8. The maximum absolute atomic E-state index is 14.1. The molecule has 4 nitrogen and oxygen atoms in total. The lowest BCUT2D eigenvalue weighted by atomic mass is 9.91. The van der Waals surface area contributed by atoms with Crippen LogP contribution in [0.25, 0.3) is 0 Å². The lowest BCUT2D eigenvalue weighted by molar-refractivity contribution is -0.136. The van der Waals surface area contributed by atoms with Crippen molar-refractivity contribution in [2.75, 3.05) is 19.7 Å². The molecule has 0 spiro atoms. The second-order valence-electron chi connectivity index (χ2n) is 8.77. The van der Waals surface area contributed by atoms with Crippen molar-refractivity contribution >= 4 is 5.91 Å². The highest BCUT2D eigenvalue weighted by atomic mass is 19.1. The Kier molecular flexibility index (Phi) is 6.96. The summed E-state index contributed by atoms with van der Waals surface area (Å²) in [4.78, 5) is 19.3. The third-order valence-electron chi connectivity index (χ3n) is 6.42. The van der Waals surface area contributed by atoms with Crippen LogP contribution in [0.5, 0.6) is 0 Å². The van der Waals surface area contributed by atoms with Crippen molar-refractivity contribution in [3.63, 3.8) is 0 Å². The van der Waals surface area contributed by atoms with Crippen molar-refractivity contribution < 1.29 is 18.3 Å². The Labute approximate surface area is 182 Å². The molecule has 0 aliphatic carbocycles. The van der Waals surface area contributed by atoms with Gasteiger partial charge in [0.15, 0.2) is 0 Å². The summed E-state index contributed by atoms with van der Waals surface area (Å²) in [6, 6.07) is 7.82. The number of amides is 1. The lowest BCUT2D eigenvalue weighted by Crippen LogP contribution is -2.40. The summed E-state index contributed by atoms with van der Waals surface area (Å²) in [5.41, 5.74) is 2.75. The minimum absolute atomic E-state index is 0.0683. The molecule has 6 heteroatoms. The number of carbonyl (C=O) groups excluding carboxylic acids is 1. The van der Waals surface area contributed by atoms with E-state index in [0.717, 1.165) is 55.7 Å². The van der Waals surface area contributed by atoms with E-state index in [1.165, 1.54) is 18.2 Å². The van der Waals surface area contributed by atoms with E-state index in [0.29, 0.717) is 19.5 Å². The number of hydrogen-bond acceptors (Lipinski definition) is 3. The van der Waals surface area contributed by atoms with Crippen LogP contribution in [-0.4, -0.2) is 41.6 Å². The average Bonchev–Trinajstić information content (AvgIpc) is 2.77. The topological polar surface area (TPSA) is 42.4 Å². The molecular formula is C25H30F2N2O2. The van der Waals surface area contributed by atoms with Gasteiger partial charge in [0.1, 0.15) is 11.6 Å². The van der Waals surface area contributed by atoms with E-state index in [1.807, 2.05) is 24.0 Å². The van der Waals surface area contributed by atoms with Gasteiger partial charge in [-0.25, -0.2) is 8.78 Å². The monoisotopic (exact) mass is 428 g/mol. The average molecular weight is 429 g/mol. The normalized spacial score (nSPS) is 20.1. The summed E-state index contributed by atoms with van der Waals surface area (Å²) >= 11 is 0. The predicted octanol–water partition coefficient (Wildman–Crippen LogP) is 4.92. The number of nitrogens with zero attached hydrogens (tertiary/aromatic N) is 2. The molecule has 2 aromatic rings. The minimum atomic E-state index is -0.523. The van der Waals surface area contributed by atoms with Crippen LogP contribution in [0.15, 0.2) is 30.3 Å². The van der Waals surface area contributed by atoms with Crippen LogP contribution < -0.4 is 0 Å². The molecule has 2 saturated heterocycles. The summed E-state index contributed by atoms with van der Waals surface area (Å²) in [5, 5.41) is 0. The van der Waals surface area contributed by atoms with Crippen molar-refractivity contribution in [2.45, 2.75) is 63.9 Å². The van der Waals surface area contributed by atoms with Gasteiger partial charge in [0.25, 0.3) is 0 Å². The molecule has 2 aliphatic heterocycles. The summed E-state index contributed by atoms with van der Waals surface area (Å²) in [6.07, 6.45) is 5.64. The number of pyridine rings is 1. The predicted molar refractivity (Wildman–Crippen MR) is 115 cm³/mol. The number of ether oxygens (including phenoxy) is 1. The molecule has 1 aromatic carbocycles. The van der Waals surface area contributed by atoms with Crippen LogP contribution >= 0.6 is 0 Å². The number of benzene rings is 1. The van der Waals surface area contributed by atoms with Gasteiger partial charge in [-0.1, -0.05) is 6.07 Å². The zero-order valence-electron chi connectivity index (χ0n) is 18.1. The van der Waals surface area contributed by atoms with E-state index in [1.54, 1.807) is 0 Å². The Bertz CT molecular complexity index is 899. The molecule has 1 aromatic heterocycles. The maximum Gasteiger partial charge on any atom is 0.225 e. The van der Waals surface area contributed by atoms with E-state index in [9.17, 15) is 13.6 Å². The zero-order valence-corrected chi connectivity index (χ0v) is 18.1. The first-order chi connectivity index (χ1) is 15.0. The van der Waals surface area contributed by atoms with Gasteiger partial charge in [-0.05, 0) is 68.9 Å². The fraction of sp³-hybridized carbons (Fsp3) is 0.520. The highest BCUT2D eigenvalue weighted by Gasteiger charge is 2.27. The molecule has 166 valence electrons. The Morgan fingerprint density at radius 3 is 2.55 bits per heavy atom. The lowest BCUT2D eigenvalue weighted by Gasteiger charge is -2.33. The van der Waals surface area contributed by atoms with Gasteiger partial charge in [-0.15, -0.1) is 0 Å². The molecule has 0 saturated carbocycles. The number of likely N-dealkylation sites (tertiary alicyclic amines) is 1. The van der Waals surface area contributed by atoms with Crippen LogP contribution in [0.2, 0.25) is 0 Å². The Morgan fingerprint density at radius 2 is 1.87 bits per heavy atom. The molecule has 31 heavy (non-hydrogen) atoms. The van der Waals surface area contributed by atoms with Gasteiger partial charge >= 0.3 is 0 Å². The summed E-state index contributed by atoms with van der Waals surface area (Å²) in [5.74, 6) is -0.619. The summed E-state index contributed by atoms with van der Waals surface area (Å²) < 4.78 is 33.9. The second-order valence-corrected chi connectivity index (χ2v) is 8.77. The first-order valence-electron chi connectivity index (χ1n) is 11.3. The third-order valence-corrected chi connectivity index (χ3v) is 6.42. The van der Waals surface area contributed by atoms with Gasteiger partial charge in [0.2, 0.25) is 5.91 Å². The van der Waals surface area contributed by atoms with Gasteiger partial charge in [-0.3, -0.25) is 9.78 Å². The third kappa shape index (κ3) is 5.48. The molecule has 1 atom stereocenters. The minimum Gasteiger partial charge on any atom is -0.378 e. The standard InChI is InChI=1S/C25H30F2N2O2/c1-17-13-18(14-21-22(26)6-4-7-23(21)27)15-24(28-17)19-8-10-29(11-9-19)25(30)16-20-5-2-3-12-31-20/h4,6-7,13,15,19-20H,2-3,5,8-12,14,16H2,1H3. The van der Waals surface area contributed by atoms with Crippen LogP contribution in [0.1, 0.15) is 67.0 Å². The number of piperidine rings is 1. The van der Waals surface area contributed by atoms with Crippen LogP contribution in [0.3, 0.4) is 0 Å². The molecular weight excluding hydrogens is 398 g/mol. The van der Waals surface area contributed by atoms with Gasteiger partial charge in [0.05, 0.1) is 12.5 Å². The SMILES string of the molecule is Cc1cc(Cc2c(F)cccc2F)cc(C2CCN(C(=O)CC3CCCCO3)CC2)n1. The van der Waals surface area contributed by atoms with Crippen molar-refractivity contribution in [3.05, 3.63) is 64.5 Å². The van der Waals surface area contributed by atoms with Gasteiger partial charge < -0.3 is 9.64 Å². The Balaban J connectivity index is 1.38. The Morgan fingerprint density at radius 1 is 1.13 bits per heavy atom. The van der Waals surface area contributed by atoms with Crippen molar-refractivity contribution in [1.29, 1.82) is 0 Å². The van der Waals surface area contributed by atoms with Crippen LogP contribution in [0.4, 0.5) is 8.78 Å². The largest absolute Gasteiger partial charge is 0.378 e. The molecule has 2 fully saturated rings. The number of hydrogen-bond donors (Lipinski definition) is 0. The molecule has 2 aliphatic rings. The molecule has 0 N–H and O–H groups in total. The fourth-order valence-electron chi connectivity index (χ4n) is 4.70. The number of aryl methyl sites for hydroxylation is 1. The highest BCUT2D eigenvalue weighted by Crippen LogP contribution is 2.29. The van der Waals surface area contributed by atoms with E-state index >= 15 is 0 Å². The summed E-state index contributed by atoms with van der Waals surface area (Å²) in [7, 11) is 0. The van der Waals surface area contributed by atoms with Crippen molar-refractivity contribution in [1.82, 2.24) is 9.88 Å². The molecule has 0 radical (unpaired) electrons. The quantitative estimate of drug-likeness (QED) is 0.679. The highest BCUT2D eigenvalue weighted by molar-refractivity contribution is 5.76.